The molecule has 0 radical (unpaired) electrons. The fourth-order valence-electron chi connectivity index (χ4n) is 2.32. The fraction of sp³-hybridized carbons (Fsp3) is 0.692. The fourth-order valence-corrected chi connectivity index (χ4v) is 3.16. The molecule has 4 nitrogen and oxygen atoms in total. The van der Waals surface area contributed by atoms with Crippen LogP contribution in [0.15, 0.2) is 0 Å². The smallest absolute Gasteiger partial charge is 0.263 e. The van der Waals surface area contributed by atoms with Gasteiger partial charge in [0, 0.05) is 6.54 Å². The highest BCUT2D eigenvalue weighted by Crippen LogP contribution is 2.27. The van der Waals surface area contributed by atoms with Crippen molar-refractivity contribution in [2.75, 3.05) is 19.6 Å². The molecule has 0 spiro atoms. The van der Waals surface area contributed by atoms with Gasteiger partial charge in [0.15, 0.2) is 0 Å². The van der Waals surface area contributed by atoms with Crippen molar-refractivity contribution in [1.82, 2.24) is 15.6 Å². The minimum absolute atomic E-state index is 0.0258. The van der Waals surface area contributed by atoms with Crippen molar-refractivity contribution >= 4 is 17.2 Å². The summed E-state index contributed by atoms with van der Waals surface area (Å²) in [6, 6.07) is 0. The zero-order chi connectivity index (χ0) is 13.2. The third-order valence-corrected chi connectivity index (χ3v) is 4.67. The van der Waals surface area contributed by atoms with Crippen molar-refractivity contribution in [1.29, 1.82) is 0 Å². The van der Waals surface area contributed by atoms with E-state index in [1.807, 2.05) is 13.8 Å². The molecule has 0 aliphatic carbocycles. The molecule has 1 aliphatic heterocycles. The van der Waals surface area contributed by atoms with Crippen LogP contribution in [0.5, 0.6) is 0 Å². The molecule has 1 saturated heterocycles. The summed E-state index contributed by atoms with van der Waals surface area (Å²) < 4.78 is 0. The van der Waals surface area contributed by atoms with Gasteiger partial charge in [0.25, 0.3) is 5.91 Å². The van der Waals surface area contributed by atoms with E-state index in [-0.39, 0.29) is 11.3 Å². The Morgan fingerprint density at radius 3 is 2.67 bits per heavy atom. The summed E-state index contributed by atoms with van der Waals surface area (Å²) in [6.07, 6.45) is 2.24. The van der Waals surface area contributed by atoms with E-state index in [2.05, 4.69) is 22.5 Å². The molecule has 18 heavy (non-hydrogen) atoms. The van der Waals surface area contributed by atoms with Crippen LogP contribution in [0.2, 0.25) is 0 Å². The van der Waals surface area contributed by atoms with E-state index >= 15 is 0 Å². The summed E-state index contributed by atoms with van der Waals surface area (Å²) in [4.78, 5) is 17.2. The molecule has 1 aromatic heterocycles. The predicted molar refractivity (Wildman–Crippen MR) is 74.1 cm³/mol. The lowest BCUT2D eigenvalue weighted by Gasteiger charge is -2.34. The van der Waals surface area contributed by atoms with Crippen molar-refractivity contribution in [3.05, 3.63) is 15.6 Å². The number of nitrogens with one attached hydrogen (secondary N) is 2. The highest BCUT2D eigenvalue weighted by atomic mass is 32.1. The minimum Gasteiger partial charge on any atom is -0.351 e. The molecular formula is C13H21N3OS. The first-order valence-corrected chi connectivity index (χ1v) is 7.25. The minimum atomic E-state index is 0.0258. The van der Waals surface area contributed by atoms with E-state index in [0.717, 1.165) is 48.1 Å². The van der Waals surface area contributed by atoms with Crippen molar-refractivity contribution in [2.24, 2.45) is 5.41 Å². The van der Waals surface area contributed by atoms with Crippen LogP contribution in [-0.4, -0.2) is 30.5 Å². The van der Waals surface area contributed by atoms with Gasteiger partial charge in [0.05, 0.1) is 10.7 Å². The van der Waals surface area contributed by atoms with Gasteiger partial charge >= 0.3 is 0 Å². The number of carbonyl (C=O) groups excluding carboxylic acids is 1. The molecule has 2 heterocycles. The maximum absolute atomic E-state index is 12.1. The number of piperidine rings is 1. The van der Waals surface area contributed by atoms with Gasteiger partial charge in [-0.2, -0.15) is 0 Å². The van der Waals surface area contributed by atoms with E-state index in [9.17, 15) is 4.79 Å². The van der Waals surface area contributed by atoms with Crippen LogP contribution in [0.3, 0.4) is 0 Å². The molecule has 0 aromatic carbocycles. The van der Waals surface area contributed by atoms with Crippen LogP contribution < -0.4 is 10.6 Å². The standard InChI is InChI=1S/C13H21N3OS/c1-9-11(18-10(2)16-9)12(17)15-8-13(3)4-6-14-7-5-13/h14H,4-8H2,1-3H3,(H,15,17). The van der Waals surface area contributed by atoms with Crippen molar-refractivity contribution in [2.45, 2.75) is 33.6 Å². The lowest BCUT2D eigenvalue weighted by Crippen LogP contribution is -2.42. The average Bonchev–Trinajstić information content (AvgIpc) is 2.67. The Labute approximate surface area is 112 Å². The van der Waals surface area contributed by atoms with Crippen LogP contribution in [0.1, 0.15) is 40.1 Å². The third-order valence-electron chi connectivity index (χ3n) is 3.60. The SMILES string of the molecule is Cc1nc(C)c(C(=O)NCC2(C)CCNCC2)s1. The maximum atomic E-state index is 12.1. The van der Waals surface area contributed by atoms with E-state index in [1.165, 1.54) is 11.3 Å². The predicted octanol–water partition coefficient (Wildman–Crippen LogP) is 1.88. The van der Waals surface area contributed by atoms with Crippen molar-refractivity contribution in [3.63, 3.8) is 0 Å². The summed E-state index contributed by atoms with van der Waals surface area (Å²) in [5.41, 5.74) is 1.07. The first-order valence-electron chi connectivity index (χ1n) is 6.43. The Kier molecular flexibility index (Phi) is 4.02. The van der Waals surface area contributed by atoms with Crippen LogP contribution in [0, 0.1) is 19.3 Å². The first kappa shape index (κ1) is 13.5. The number of aromatic nitrogens is 1. The quantitative estimate of drug-likeness (QED) is 0.879. The Morgan fingerprint density at radius 2 is 2.11 bits per heavy atom. The van der Waals surface area contributed by atoms with Crippen LogP contribution in [0.25, 0.3) is 0 Å². The number of amides is 1. The Morgan fingerprint density at radius 1 is 1.44 bits per heavy atom. The van der Waals surface area contributed by atoms with Gasteiger partial charge in [0.2, 0.25) is 0 Å². The Bertz CT molecular complexity index is 435. The van der Waals surface area contributed by atoms with E-state index < -0.39 is 0 Å². The Balaban J connectivity index is 1.94. The molecular weight excluding hydrogens is 246 g/mol. The second-order valence-electron chi connectivity index (χ2n) is 5.39. The molecule has 1 fully saturated rings. The van der Waals surface area contributed by atoms with Gasteiger partial charge in [-0.25, -0.2) is 4.98 Å². The topological polar surface area (TPSA) is 54.0 Å². The molecule has 0 bridgehead atoms. The van der Waals surface area contributed by atoms with Crippen LogP contribution in [-0.2, 0) is 0 Å². The summed E-state index contributed by atoms with van der Waals surface area (Å²) >= 11 is 1.47. The van der Waals surface area contributed by atoms with Crippen LogP contribution in [0.4, 0.5) is 0 Å². The van der Waals surface area contributed by atoms with Gasteiger partial charge in [0.1, 0.15) is 4.88 Å². The molecule has 2 N–H and O–H groups in total. The number of carbonyl (C=O) groups is 1. The van der Waals surface area contributed by atoms with Crippen molar-refractivity contribution in [3.8, 4) is 0 Å². The van der Waals surface area contributed by atoms with E-state index in [1.54, 1.807) is 0 Å². The lowest BCUT2D eigenvalue weighted by atomic mass is 9.81. The van der Waals surface area contributed by atoms with Gasteiger partial charge in [-0.3, -0.25) is 4.79 Å². The number of rotatable bonds is 3. The zero-order valence-electron chi connectivity index (χ0n) is 11.3. The van der Waals surface area contributed by atoms with Gasteiger partial charge in [-0.1, -0.05) is 6.92 Å². The number of thiazole rings is 1. The highest BCUT2D eigenvalue weighted by molar-refractivity contribution is 7.13. The largest absolute Gasteiger partial charge is 0.351 e. The van der Waals surface area contributed by atoms with Gasteiger partial charge in [-0.15, -0.1) is 11.3 Å². The molecule has 0 atom stereocenters. The van der Waals surface area contributed by atoms with E-state index in [0.29, 0.717) is 0 Å². The summed E-state index contributed by atoms with van der Waals surface area (Å²) in [5.74, 6) is 0.0258. The molecule has 0 unspecified atom stereocenters. The number of hydrogen-bond acceptors (Lipinski definition) is 4. The highest BCUT2D eigenvalue weighted by Gasteiger charge is 2.27. The van der Waals surface area contributed by atoms with Crippen LogP contribution >= 0.6 is 11.3 Å². The second-order valence-corrected chi connectivity index (χ2v) is 6.59. The number of hydrogen-bond donors (Lipinski definition) is 2. The second kappa shape index (κ2) is 5.36. The van der Waals surface area contributed by atoms with E-state index in [4.69, 9.17) is 0 Å². The number of aryl methyl sites for hydroxylation is 2. The zero-order valence-corrected chi connectivity index (χ0v) is 12.1. The molecule has 1 aliphatic rings. The summed E-state index contributed by atoms with van der Waals surface area (Å²) in [6.45, 7) is 8.92. The molecule has 0 saturated carbocycles. The summed E-state index contributed by atoms with van der Waals surface area (Å²) in [7, 11) is 0. The third kappa shape index (κ3) is 3.09. The first-order chi connectivity index (χ1) is 8.50. The van der Waals surface area contributed by atoms with Gasteiger partial charge in [-0.05, 0) is 45.2 Å². The monoisotopic (exact) mass is 267 g/mol. The average molecular weight is 267 g/mol. The molecule has 100 valence electrons. The molecule has 1 aromatic rings. The molecule has 2 rings (SSSR count). The maximum Gasteiger partial charge on any atom is 0.263 e. The Hall–Kier alpha value is -0.940. The van der Waals surface area contributed by atoms with Gasteiger partial charge < -0.3 is 10.6 Å². The number of nitrogens with zero attached hydrogens (tertiary/aromatic N) is 1. The lowest BCUT2D eigenvalue weighted by molar-refractivity contribution is 0.0925. The normalized spacial score (nSPS) is 18.6. The van der Waals surface area contributed by atoms with Crippen molar-refractivity contribution < 1.29 is 4.79 Å². The molecule has 1 amide bonds. The molecule has 5 heteroatoms. The summed E-state index contributed by atoms with van der Waals surface area (Å²) in [5, 5.41) is 7.37.